The van der Waals surface area contributed by atoms with Crippen molar-refractivity contribution >= 4 is 53.1 Å². The molecule has 9 aromatic rings. The van der Waals surface area contributed by atoms with Crippen molar-refractivity contribution in [3.8, 4) is 44.5 Å². The molecule has 0 aliphatic rings. The van der Waals surface area contributed by atoms with Gasteiger partial charge < -0.3 is 0 Å². The van der Waals surface area contributed by atoms with Crippen LogP contribution in [-0.2, 0) is 10.8 Å². The molecule has 0 fully saturated rings. The highest BCUT2D eigenvalue weighted by Crippen LogP contribution is 2.46. The minimum Gasteiger partial charge on any atom is -0.135 e. The summed E-state index contributed by atoms with van der Waals surface area (Å²) >= 11 is 1.87. The normalized spacial score (nSPS) is 12.3. The van der Waals surface area contributed by atoms with E-state index in [1.54, 1.807) is 0 Å². The summed E-state index contributed by atoms with van der Waals surface area (Å²) in [6.07, 6.45) is 0. The predicted octanol–water partition coefficient (Wildman–Crippen LogP) is 15.6. The van der Waals surface area contributed by atoms with Crippen LogP contribution in [0, 0.1) is 0 Å². The molecule has 0 unspecified atom stereocenters. The third-order valence-electron chi connectivity index (χ3n) is 11.0. The molecule has 0 N–H and O–H groups in total. The largest absolute Gasteiger partial charge is 0.135 e. The van der Waals surface area contributed by atoms with Crippen molar-refractivity contribution in [2.75, 3.05) is 0 Å². The van der Waals surface area contributed by atoms with Crippen LogP contribution in [0.2, 0.25) is 0 Å². The summed E-state index contributed by atoms with van der Waals surface area (Å²) in [6, 6.07) is 59.4. The van der Waals surface area contributed by atoms with Crippen molar-refractivity contribution in [2.24, 2.45) is 0 Å². The van der Waals surface area contributed by atoms with Gasteiger partial charge in [-0.05, 0) is 118 Å². The number of fused-ring (bicyclic) bond motifs is 5. The zero-order chi connectivity index (χ0) is 36.5. The molecule has 0 aliphatic heterocycles. The SMILES string of the molecule is CC(C)(C)c1ccc(-c2c3ccccc3c(-c3ccc(C(C)(C)C)cc3)c3cc(-c4cccc(-c5ccc6sc7ccccc7c6c5)c4)ccc23)cc1. The topological polar surface area (TPSA) is 0 Å². The van der Waals surface area contributed by atoms with Gasteiger partial charge in [0.2, 0.25) is 0 Å². The third-order valence-corrected chi connectivity index (χ3v) is 12.2. The highest BCUT2D eigenvalue weighted by atomic mass is 32.1. The Kier molecular flexibility index (Phi) is 7.91. The third kappa shape index (κ3) is 5.94. The summed E-state index contributed by atoms with van der Waals surface area (Å²) in [5, 5.41) is 7.77. The lowest BCUT2D eigenvalue weighted by Crippen LogP contribution is -2.10. The molecule has 0 nitrogen and oxygen atoms in total. The zero-order valence-corrected chi connectivity index (χ0v) is 32.2. The molecule has 0 atom stereocenters. The van der Waals surface area contributed by atoms with Crippen LogP contribution in [0.5, 0.6) is 0 Å². The number of hydrogen-bond donors (Lipinski definition) is 0. The Morgan fingerprint density at radius 2 is 0.717 bits per heavy atom. The van der Waals surface area contributed by atoms with Gasteiger partial charge in [-0.1, -0.05) is 169 Å². The fourth-order valence-corrected chi connectivity index (χ4v) is 9.12. The van der Waals surface area contributed by atoms with Crippen LogP contribution in [0.25, 0.3) is 86.2 Å². The van der Waals surface area contributed by atoms with Gasteiger partial charge in [-0.25, -0.2) is 0 Å². The standard InChI is InChI=1S/C52H44S/c1-51(2,3)39-24-18-33(19-25-39)49-42-15-7-8-16-43(42)50(34-20-26-40(27-21-34)52(4,5)6)46-32-37(22-28-44(46)49)35-12-11-13-36(30-35)38-23-29-48-45(31-38)41-14-9-10-17-47(41)53-48/h7-32H,1-6H3. The van der Waals surface area contributed by atoms with Crippen molar-refractivity contribution in [3.05, 3.63) is 169 Å². The van der Waals surface area contributed by atoms with E-state index in [0.717, 1.165) is 0 Å². The van der Waals surface area contributed by atoms with Gasteiger partial charge in [0, 0.05) is 20.2 Å². The van der Waals surface area contributed by atoms with Gasteiger partial charge in [-0.3, -0.25) is 0 Å². The van der Waals surface area contributed by atoms with Crippen LogP contribution in [0.3, 0.4) is 0 Å². The summed E-state index contributed by atoms with van der Waals surface area (Å²) in [6.45, 7) is 13.7. The van der Waals surface area contributed by atoms with Gasteiger partial charge >= 0.3 is 0 Å². The summed E-state index contributed by atoms with van der Waals surface area (Å²) < 4.78 is 2.67. The minimum atomic E-state index is 0.0883. The Morgan fingerprint density at radius 3 is 1.28 bits per heavy atom. The van der Waals surface area contributed by atoms with E-state index in [0.29, 0.717) is 0 Å². The molecule has 0 saturated heterocycles. The first-order chi connectivity index (χ1) is 25.5. The molecular weight excluding hydrogens is 657 g/mol. The van der Waals surface area contributed by atoms with Crippen molar-refractivity contribution < 1.29 is 0 Å². The Balaban J connectivity index is 1.26. The van der Waals surface area contributed by atoms with Crippen molar-refractivity contribution in [2.45, 2.75) is 52.4 Å². The van der Waals surface area contributed by atoms with E-state index in [9.17, 15) is 0 Å². The molecule has 9 rings (SSSR count). The zero-order valence-electron chi connectivity index (χ0n) is 31.4. The van der Waals surface area contributed by atoms with Crippen LogP contribution < -0.4 is 0 Å². The van der Waals surface area contributed by atoms with Gasteiger partial charge in [0.1, 0.15) is 0 Å². The lowest BCUT2D eigenvalue weighted by atomic mass is 9.82. The molecule has 0 aliphatic carbocycles. The van der Waals surface area contributed by atoms with Gasteiger partial charge in [0.25, 0.3) is 0 Å². The summed E-state index contributed by atoms with van der Waals surface area (Å²) in [5.74, 6) is 0. The van der Waals surface area contributed by atoms with Crippen LogP contribution >= 0.6 is 11.3 Å². The van der Waals surface area contributed by atoms with Crippen molar-refractivity contribution in [1.29, 1.82) is 0 Å². The molecule has 0 bridgehead atoms. The van der Waals surface area contributed by atoms with Gasteiger partial charge in [0.15, 0.2) is 0 Å². The summed E-state index contributed by atoms with van der Waals surface area (Å²) in [7, 11) is 0. The van der Waals surface area contributed by atoms with Crippen molar-refractivity contribution in [1.82, 2.24) is 0 Å². The second kappa shape index (κ2) is 12.6. The summed E-state index contributed by atoms with van der Waals surface area (Å²) in [4.78, 5) is 0. The van der Waals surface area contributed by atoms with Crippen LogP contribution in [0.15, 0.2) is 158 Å². The molecule has 0 saturated carbocycles. The van der Waals surface area contributed by atoms with E-state index in [4.69, 9.17) is 0 Å². The molecule has 53 heavy (non-hydrogen) atoms. The maximum Gasteiger partial charge on any atom is 0.0355 e. The maximum atomic E-state index is 2.44. The van der Waals surface area contributed by atoms with Crippen LogP contribution in [0.1, 0.15) is 52.7 Å². The Morgan fingerprint density at radius 1 is 0.302 bits per heavy atom. The first-order valence-electron chi connectivity index (χ1n) is 18.8. The minimum absolute atomic E-state index is 0.0883. The molecular formula is C52H44S. The molecule has 1 aromatic heterocycles. The fourth-order valence-electron chi connectivity index (χ4n) is 8.04. The lowest BCUT2D eigenvalue weighted by Gasteiger charge is -2.22. The maximum absolute atomic E-state index is 2.44. The molecule has 1 heteroatoms. The average Bonchev–Trinajstić information content (AvgIpc) is 3.54. The van der Waals surface area contributed by atoms with E-state index >= 15 is 0 Å². The lowest BCUT2D eigenvalue weighted by molar-refractivity contribution is 0.590. The second-order valence-electron chi connectivity index (χ2n) is 16.6. The Hall–Kier alpha value is -5.50. The number of hydrogen-bond acceptors (Lipinski definition) is 1. The van der Waals surface area contributed by atoms with E-state index in [-0.39, 0.29) is 10.8 Å². The van der Waals surface area contributed by atoms with Gasteiger partial charge in [-0.15, -0.1) is 11.3 Å². The first kappa shape index (κ1) is 33.3. The molecule has 0 radical (unpaired) electrons. The Labute approximate surface area is 317 Å². The molecule has 1 heterocycles. The number of benzene rings is 8. The smallest absolute Gasteiger partial charge is 0.0355 e. The quantitative estimate of drug-likeness (QED) is 0.160. The van der Waals surface area contributed by atoms with E-state index in [1.165, 1.54) is 97.4 Å². The monoisotopic (exact) mass is 700 g/mol. The second-order valence-corrected chi connectivity index (χ2v) is 17.7. The predicted molar refractivity (Wildman–Crippen MR) is 233 cm³/mol. The average molecular weight is 701 g/mol. The number of thiophene rings is 1. The van der Waals surface area contributed by atoms with E-state index in [1.807, 2.05) is 11.3 Å². The molecule has 0 spiro atoms. The fraction of sp³-hybridized carbons (Fsp3) is 0.154. The van der Waals surface area contributed by atoms with E-state index < -0.39 is 0 Å². The molecule has 0 amide bonds. The number of rotatable bonds is 4. The van der Waals surface area contributed by atoms with Gasteiger partial charge in [0.05, 0.1) is 0 Å². The summed E-state index contributed by atoms with van der Waals surface area (Å²) in [5.41, 5.74) is 12.9. The van der Waals surface area contributed by atoms with Gasteiger partial charge in [-0.2, -0.15) is 0 Å². The molecule has 258 valence electrons. The Bertz CT molecular complexity index is 2820. The van der Waals surface area contributed by atoms with Crippen molar-refractivity contribution in [3.63, 3.8) is 0 Å². The highest BCUT2D eigenvalue weighted by molar-refractivity contribution is 7.25. The van der Waals surface area contributed by atoms with E-state index in [2.05, 4.69) is 199 Å². The van der Waals surface area contributed by atoms with Crippen LogP contribution in [0.4, 0.5) is 0 Å². The first-order valence-corrected chi connectivity index (χ1v) is 19.6. The van der Waals surface area contributed by atoms with Crippen LogP contribution in [-0.4, -0.2) is 0 Å². The molecule has 8 aromatic carbocycles. The highest BCUT2D eigenvalue weighted by Gasteiger charge is 2.20.